The van der Waals surface area contributed by atoms with E-state index < -0.39 is 17.5 Å². The van der Waals surface area contributed by atoms with E-state index in [9.17, 15) is 18.4 Å². The van der Waals surface area contributed by atoms with Crippen LogP contribution in [0.1, 0.15) is 46.6 Å². The lowest BCUT2D eigenvalue weighted by atomic mass is 9.93. The third kappa shape index (κ3) is 4.68. The normalized spacial score (nSPS) is 16.4. The van der Waals surface area contributed by atoms with Gasteiger partial charge in [-0.15, -0.1) is 0 Å². The lowest BCUT2D eigenvalue weighted by Crippen LogP contribution is -2.28. The first-order chi connectivity index (χ1) is 17.4. The van der Waals surface area contributed by atoms with Gasteiger partial charge in [-0.1, -0.05) is 18.2 Å². The highest BCUT2D eigenvalue weighted by atomic mass is 19.1. The van der Waals surface area contributed by atoms with Gasteiger partial charge in [0.2, 0.25) is 0 Å². The van der Waals surface area contributed by atoms with Gasteiger partial charge in [-0.2, -0.15) is 0 Å². The molecule has 1 aromatic heterocycles. The van der Waals surface area contributed by atoms with Crippen LogP contribution >= 0.6 is 0 Å². The van der Waals surface area contributed by atoms with Crippen LogP contribution in [0.4, 0.5) is 14.5 Å². The Morgan fingerprint density at radius 1 is 1.08 bits per heavy atom. The lowest BCUT2D eigenvalue weighted by molar-refractivity contribution is -0.110. The first-order valence-corrected chi connectivity index (χ1v) is 12.2. The molecule has 8 heteroatoms. The zero-order valence-electron chi connectivity index (χ0n) is 20.1. The van der Waals surface area contributed by atoms with Crippen LogP contribution in [0.5, 0.6) is 0 Å². The minimum absolute atomic E-state index is 0.199. The summed E-state index contributed by atoms with van der Waals surface area (Å²) in [5.74, 6) is -2.07. The summed E-state index contributed by atoms with van der Waals surface area (Å²) in [4.78, 5) is 31.5. The monoisotopic (exact) mass is 490 g/mol. The number of amides is 2. The molecule has 0 spiro atoms. The second-order valence-corrected chi connectivity index (χ2v) is 9.27. The Bertz CT molecular complexity index is 1340. The summed E-state index contributed by atoms with van der Waals surface area (Å²) in [6.07, 6.45) is 4.90. The average molecular weight is 491 g/mol. The minimum Gasteiger partial charge on any atom is -0.358 e. The molecule has 0 radical (unpaired) electrons. The largest absolute Gasteiger partial charge is 0.358 e. The molecule has 6 nitrogen and oxygen atoms in total. The molecule has 0 aliphatic carbocycles. The highest BCUT2D eigenvalue weighted by Crippen LogP contribution is 2.42. The molecule has 3 aromatic rings. The molecule has 2 aliphatic heterocycles. The number of hydrogen-bond acceptors (Lipinski definition) is 3. The number of aryl methyl sites for hydroxylation is 1. The van der Waals surface area contributed by atoms with E-state index in [4.69, 9.17) is 0 Å². The van der Waals surface area contributed by atoms with E-state index >= 15 is 0 Å². The van der Waals surface area contributed by atoms with Gasteiger partial charge in [0, 0.05) is 23.5 Å². The van der Waals surface area contributed by atoms with Crippen molar-refractivity contribution >= 4 is 29.2 Å². The van der Waals surface area contributed by atoms with Crippen molar-refractivity contribution in [2.24, 2.45) is 0 Å². The van der Waals surface area contributed by atoms with Gasteiger partial charge >= 0.3 is 0 Å². The highest BCUT2D eigenvalue weighted by Gasteiger charge is 2.30. The number of H-pyrrole nitrogens is 1. The van der Waals surface area contributed by atoms with E-state index in [1.807, 2.05) is 6.92 Å². The Labute approximate surface area is 208 Å². The third-order valence-corrected chi connectivity index (χ3v) is 6.71. The molecule has 1 fully saturated rings. The number of nitrogens with one attached hydrogen (secondary N) is 3. The molecular formula is C28H28F2N4O2. The standard InChI is InChI=1S/C28H28F2N4O2/c1-17-15-19(27(35)31-11-6-14-34-12-2-3-13-34)24(32-17)16-20-25-18(7-4-10-23(25)33-28(20)36)26-21(29)8-5-9-22(26)30/h4-5,7-10,15-16,32H,2-3,6,11-14H2,1H3,(H,31,35)(H,33,36). The van der Waals surface area contributed by atoms with Gasteiger partial charge in [-0.25, -0.2) is 8.78 Å². The highest BCUT2D eigenvalue weighted by molar-refractivity contribution is 6.36. The second-order valence-electron chi connectivity index (χ2n) is 9.27. The van der Waals surface area contributed by atoms with Crippen molar-refractivity contribution in [3.63, 3.8) is 0 Å². The van der Waals surface area contributed by atoms with Gasteiger partial charge in [0.25, 0.3) is 11.8 Å². The third-order valence-electron chi connectivity index (χ3n) is 6.71. The number of benzene rings is 2. The fourth-order valence-corrected chi connectivity index (χ4v) is 5.01. The number of carbonyl (C=O) groups excluding carboxylic acids is 2. The molecule has 0 atom stereocenters. The van der Waals surface area contributed by atoms with Crippen LogP contribution in [0.15, 0.2) is 42.5 Å². The van der Waals surface area contributed by atoms with Crippen molar-refractivity contribution in [1.29, 1.82) is 0 Å². The molecule has 0 bridgehead atoms. The fourth-order valence-electron chi connectivity index (χ4n) is 5.01. The number of halogens is 2. The molecule has 1 saturated heterocycles. The number of aromatic amines is 1. The minimum atomic E-state index is -0.716. The summed E-state index contributed by atoms with van der Waals surface area (Å²) in [5.41, 5.74) is 2.80. The Morgan fingerprint density at radius 3 is 2.56 bits per heavy atom. The lowest BCUT2D eigenvalue weighted by Gasteiger charge is -2.14. The smallest absolute Gasteiger partial charge is 0.256 e. The van der Waals surface area contributed by atoms with Gasteiger partial charge in [-0.05, 0) is 81.7 Å². The first-order valence-electron chi connectivity index (χ1n) is 12.2. The van der Waals surface area contributed by atoms with Crippen molar-refractivity contribution in [3.05, 3.63) is 76.6 Å². The topological polar surface area (TPSA) is 77.2 Å². The van der Waals surface area contributed by atoms with Crippen molar-refractivity contribution in [3.8, 4) is 11.1 Å². The fraction of sp³-hybridized carbons (Fsp3) is 0.286. The van der Waals surface area contributed by atoms with Crippen LogP contribution in [-0.2, 0) is 4.79 Å². The maximum absolute atomic E-state index is 14.6. The molecule has 36 heavy (non-hydrogen) atoms. The van der Waals surface area contributed by atoms with Crippen LogP contribution in [0.2, 0.25) is 0 Å². The van der Waals surface area contributed by atoms with Gasteiger partial charge in [0.1, 0.15) is 11.6 Å². The van der Waals surface area contributed by atoms with Crippen LogP contribution < -0.4 is 10.6 Å². The molecule has 2 amide bonds. The molecule has 5 rings (SSSR count). The summed E-state index contributed by atoms with van der Waals surface area (Å²) >= 11 is 0. The van der Waals surface area contributed by atoms with Crippen molar-refractivity contribution < 1.29 is 18.4 Å². The van der Waals surface area contributed by atoms with Gasteiger partial charge in [0.15, 0.2) is 0 Å². The maximum Gasteiger partial charge on any atom is 0.256 e. The van der Waals surface area contributed by atoms with Crippen molar-refractivity contribution in [2.75, 3.05) is 31.5 Å². The number of nitrogens with zero attached hydrogens (tertiary/aromatic N) is 1. The Morgan fingerprint density at radius 2 is 1.81 bits per heavy atom. The average Bonchev–Trinajstić information content (AvgIpc) is 3.57. The van der Waals surface area contributed by atoms with Crippen LogP contribution in [0, 0.1) is 18.6 Å². The molecule has 3 N–H and O–H groups in total. The van der Waals surface area contributed by atoms with E-state index in [2.05, 4.69) is 20.5 Å². The summed E-state index contributed by atoms with van der Waals surface area (Å²) in [5, 5.41) is 5.74. The molecule has 2 aromatic carbocycles. The predicted molar refractivity (Wildman–Crippen MR) is 136 cm³/mol. The number of aromatic nitrogens is 1. The first kappa shape index (κ1) is 23.9. The summed E-state index contributed by atoms with van der Waals surface area (Å²) in [7, 11) is 0. The van der Waals surface area contributed by atoms with E-state index in [0.29, 0.717) is 29.1 Å². The van der Waals surface area contributed by atoms with E-state index in [1.54, 1.807) is 30.3 Å². The van der Waals surface area contributed by atoms with Crippen molar-refractivity contribution in [1.82, 2.24) is 15.2 Å². The number of carbonyl (C=O) groups is 2. The zero-order valence-corrected chi connectivity index (χ0v) is 20.1. The van der Waals surface area contributed by atoms with Crippen molar-refractivity contribution in [2.45, 2.75) is 26.2 Å². The number of hydrogen-bond donors (Lipinski definition) is 3. The molecule has 0 saturated carbocycles. The van der Waals surface area contributed by atoms with Gasteiger partial charge in [0.05, 0.1) is 22.4 Å². The van der Waals surface area contributed by atoms with Crippen LogP contribution in [0.3, 0.4) is 0 Å². The van der Waals surface area contributed by atoms with E-state index in [-0.39, 0.29) is 22.6 Å². The number of likely N-dealkylation sites (tertiary alicyclic amines) is 1. The van der Waals surface area contributed by atoms with Gasteiger partial charge < -0.3 is 20.5 Å². The molecule has 2 aliphatic rings. The Balaban J connectivity index is 1.44. The quantitative estimate of drug-likeness (QED) is 0.323. The number of fused-ring (bicyclic) bond motifs is 1. The molecular weight excluding hydrogens is 462 g/mol. The molecule has 3 heterocycles. The summed E-state index contributed by atoms with van der Waals surface area (Å²) < 4.78 is 29.3. The Hall–Kier alpha value is -3.78. The Kier molecular flexibility index (Phi) is 6.69. The van der Waals surface area contributed by atoms with E-state index in [1.165, 1.54) is 31.0 Å². The van der Waals surface area contributed by atoms with Crippen LogP contribution in [0.25, 0.3) is 22.8 Å². The van der Waals surface area contributed by atoms with Gasteiger partial charge in [-0.3, -0.25) is 9.59 Å². The zero-order chi connectivity index (χ0) is 25.2. The SMILES string of the molecule is Cc1cc(C(=O)NCCCN2CCCC2)c(C=C2C(=O)Nc3cccc(-c4c(F)cccc4F)c32)[nH]1. The molecule has 186 valence electrons. The predicted octanol–water partition coefficient (Wildman–Crippen LogP) is 4.98. The second kappa shape index (κ2) is 10.1. The summed E-state index contributed by atoms with van der Waals surface area (Å²) in [6.45, 7) is 5.57. The van der Waals surface area contributed by atoms with Crippen LogP contribution in [-0.4, -0.2) is 47.9 Å². The molecule has 0 unspecified atom stereocenters. The maximum atomic E-state index is 14.6. The number of rotatable bonds is 7. The van der Waals surface area contributed by atoms with E-state index in [0.717, 1.165) is 31.7 Å². The number of anilines is 1. The summed E-state index contributed by atoms with van der Waals surface area (Å²) in [6, 6.07) is 10.3.